The van der Waals surface area contributed by atoms with Gasteiger partial charge in [-0.05, 0) is 23.3 Å². The minimum absolute atomic E-state index is 0.898. The first kappa shape index (κ1) is 16.9. The topological polar surface area (TPSA) is 74.6 Å². The Morgan fingerprint density at radius 1 is 0.636 bits per heavy atom. The monoisotopic (exact) mass is 296 g/mol. The highest BCUT2D eigenvalue weighted by Gasteiger charge is 1.86. The zero-order chi connectivity index (χ0) is 16.2. The number of carboxylic acids is 2. The highest BCUT2D eigenvalue weighted by molar-refractivity contribution is 5.85. The highest BCUT2D eigenvalue weighted by Crippen LogP contribution is 2.00. The summed E-state index contributed by atoms with van der Waals surface area (Å²) >= 11 is 0. The average Bonchev–Trinajstić information content (AvgIpc) is 2.53. The van der Waals surface area contributed by atoms with E-state index in [2.05, 4.69) is 0 Å². The molecule has 2 aromatic rings. The number of carbonyl (C=O) groups is 2. The van der Waals surface area contributed by atoms with Crippen LogP contribution in [0.4, 0.5) is 0 Å². The van der Waals surface area contributed by atoms with E-state index >= 15 is 0 Å². The van der Waals surface area contributed by atoms with Gasteiger partial charge in [-0.15, -0.1) is 0 Å². The Hall–Kier alpha value is -3.14. The molecular formula is C18H16O4. The van der Waals surface area contributed by atoms with Crippen molar-refractivity contribution in [3.63, 3.8) is 0 Å². The second kappa shape index (κ2) is 9.72. The van der Waals surface area contributed by atoms with Crippen LogP contribution >= 0.6 is 0 Å². The van der Waals surface area contributed by atoms with Crippen molar-refractivity contribution in [2.75, 3.05) is 0 Å². The number of hydrogen-bond donors (Lipinski definition) is 2. The van der Waals surface area contributed by atoms with Gasteiger partial charge in [-0.3, -0.25) is 0 Å². The Bertz CT molecular complexity index is 584. The lowest BCUT2D eigenvalue weighted by Crippen LogP contribution is -1.85. The number of carboxylic acid groups (broad SMARTS) is 2. The van der Waals surface area contributed by atoms with Crippen molar-refractivity contribution in [3.05, 3.63) is 83.9 Å². The van der Waals surface area contributed by atoms with Crippen LogP contribution < -0.4 is 0 Å². The molecule has 4 heteroatoms. The van der Waals surface area contributed by atoms with E-state index < -0.39 is 11.9 Å². The molecule has 112 valence electrons. The molecule has 0 fully saturated rings. The molecule has 0 saturated carbocycles. The molecule has 0 bridgehead atoms. The molecule has 0 saturated heterocycles. The summed E-state index contributed by atoms with van der Waals surface area (Å²) in [6.07, 6.45) is 5.36. The lowest BCUT2D eigenvalue weighted by Gasteiger charge is -1.87. The molecule has 0 aliphatic carbocycles. The van der Waals surface area contributed by atoms with Crippen LogP contribution in [0.3, 0.4) is 0 Å². The maximum absolute atomic E-state index is 10.1. The summed E-state index contributed by atoms with van der Waals surface area (Å²) in [5, 5.41) is 16.6. The average molecular weight is 296 g/mol. The molecular weight excluding hydrogens is 280 g/mol. The smallest absolute Gasteiger partial charge is 0.328 e. The molecule has 0 atom stereocenters. The Morgan fingerprint density at radius 2 is 0.955 bits per heavy atom. The van der Waals surface area contributed by atoms with Crippen molar-refractivity contribution in [2.24, 2.45) is 0 Å². The first-order chi connectivity index (χ1) is 10.6. The molecule has 0 unspecified atom stereocenters. The van der Waals surface area contributed by atoms with Gasteiger partial charge in [0.25, 0.3) is 0 Å². The van der Waals surface area contributed by atoms with Gasteiger partial charge in [0.1, 0.15) is 0 Å². The number of rotatable bonds is 4. The van der Waals surface area contributed by atoms with E-state index in [1.165, 1.54) is 0 Å². The van der Waals surface area contributed by atoms with E-state index in [0.29, 0.717) is 0 Å². The molecule has 22 heavy (non-hydrogen) atoms. The molecule has 2 rings (SSSR count). The number of aliphatic carboxylic acids is 2. The lowest BCUT2D eigenvalue weighted by atomic mass is 10.2. The van der Waals surface area contributed by atoms with E-state index in [9.17, 15) is 9.59 Å². The van der Waals surface area contributed by atoms with E-state index in [1.807, 2.05) is 60.7 Å². The Balaban J connectivity index is 0.000000220. The molecule has 0 amide bonds. The van der Waals surface area contributed by atoms with Crippen LogP contribution in [-0.2, 0) is 9.59 Å². The van der Waals surface area contributed by atoms with Crippen LogP contribution in [0.15, 0.2) is 72.8 Å². The van der Waals surface area contributed by atoms with Crippen molar-refractivity contribution in [1.82, 2.24) is 0 Å². The minimum atomic E-state index is -0.922. The summed E-state index contributed by atoms with van der Waals surface area (Å²) in [6.45, 7) is 0. The van der Waals surface area contributed by atoms with Gasteiger partial charge in [0.05, 0.1) is 0 Å². The fourth-order valence-corrected chi connectivity index (χ4v) is 1.46. The van der Waals surface area contributed by atoms with Crippen LogP contribution in [0.25, 0.3) is 12.2 Å². The Labute approximate surface area is 128 Å². The molecule has 2 N–H and O–H groups in total. The third kappa shape index (κ3) is 8.12. The SMILES string of the molecule is O=C(O)C=Cc1ccccc1.O=C(O)C=Cc1ccccc1. The van der Waals surface area contributed by atoms with Crippen molar-refractivity contribution in [1.29, 1.82) is 0 Å². The summed E-state index contributed by atoms with van der Waals surface area (Å²) < 4.78 is 0. The fraction of sp³-hybridized carbons (Fsp3) is 0. The minimum Gasteiger partial charge on any atom is -0.478 e. The van der Waals surface area contributed by atoms with Gasteiger partial charge in [-0.25, -0.2) is 9.59 Å². The second-order valence-electron chi connectivity index (χ2n) is 4.16. The Kier molecular flexibility index (Phi) is 7.47. The van der Waals surface area contributed by atoms with Crippen LogP contribution in [0.1, 0.15) is 11.1 Å². The second-order valence-corrected chi connectivity index (χ2v) is 4.16. The molecule has 0 radical (unpaired) electrons. The zero-order valence-electron chi connectivity index (χ0n) is 11.8. The van der Waals surface area contributed by atoms with E-state index in [0.717, 1.165) is 23.3 Å². The van der Waals surface area contributed by atoms with Gasteiger partial charge in [0, 0.05) is 12.2 Å². The quantitative estimate of drug-likeness (QED) is 0.846. The standard InChI is InChI=1S/2C9H8O2/c2*10-9(11)7-6-8-4-2-1-3-5-8/h2*1-7H,(H,10,11). The fourth-order valence-electron chi connectivity index (χ4n) is 1.46. The van der Waals surface area contributed by atoms with Crippen molar-refractivity contribution >= 4 is 24.1 Å². The summed E-state index contributed by atoms with van der Waals surface area (Å²) in [5.41, 5.74) is 1.80. The maximum atomic E-state index is 10.1. The van der Waals surface area contributed by atoms with Gasteiger partial charge in [-0.1, -0.05) is 60.7 Å². The molecule has 0 aromatic heterocycles. The van der Waals surface area contributed by atoms with Gasteiger partial charge in [0.2, 0.25) is 0 Å². The van der Waals surface area contributed by atoms with Crippen molar-refractivity contribution < 1.29 is 19.8 Å². The summed E-state index contributed by atoms with van der Waals surface area (Å²) in [6, 6.07) is 18.6. The van der Waals surface area contributed by atoms with Gasteiger partial charge < -0.3 is 10.2 Å². The summed E-state index contributed by atoms with van der Waals surface area (Å²) in [4.78, 5) is 20.2. The van der Waals surface area contributed by atoms with Crippen LogP contribution in [0, 0.1) is 0 Å². The molecule has 0 aliphatic heterocycles. The molecule has 0 spiro atoms. The number of hydrogen-bond acceptors (Lipinski definition) is 2. The first-order valence-corrected chi connectivity index (χ1v) is 6.50. The van der Waals surface area contributed by atoms with E-state index in [-0.39, 0.29) is 0 Å². The van der Waals surface area contributed by atoms with Gasteiger partial charge >= 0.3 is 11.9 Å². The largest absolute Gasteiger partial charge is 0.478 e. The summed E-state index contributed by atoms with van der Waals surface area (Å²) in [5.74, 6) is -1.84. The van der Waals surface area contributed by atoms with Gasteiger partial charge in [-0.2, -0.15) is 0 Å². The van der Waals surface area contributed by atoms with Gasteiger partial charge in [0.15, 0.2) is 0 Å². The maximum Gasteiger partial charge on any atom is 0.328 e. The normalized spacial score (nSPS) is 10.2. The highest BCUT2D eigenvalue weighted by atomic mass is 16.4. The third-order valence-corrected chi connectivity index (χ3v) is 2.44. The van der Waals surface area contributed by atoms with E-state index in [1.54, 1.807) is 12.2 Å². The predicted molar refractivity (Wildman–Crippen MR) is 86.2 cm³/mol. The lowest BCUT2D eigenvalue weighted by molar-refractivity contribution is -0.132. The molecule has 4 nitrogen and oxygen atoms in total. The Morgan fingerprint density at radius 3 is 1.23 bits per heavy atom. The summed E-state index contributed by atoms with van der Waals surface area (Å²) in [7, 11) is 0. The third-order valence-electron chi connectivity index (χ3n) is 2.44. The van der Waals surface area contributed by atoms with Crippen molar-refractivity contribution in [3.8, 4) is 0 Å². The first-order valence-electron chi connectivity index (χ1n) is 6.50. The van der Waals surface area contributed by atoms with Crippen LogP contribution in [0.5, 0.6) is 0 Å². The van der Waals surface area contributed by atoms with Crippen LogP contribution in [-0.4, -0.2) is 22.2 Å². The number of benzene rings is 2. The molecule has 2 aromatic carbocycles. The zero-order valence-corrected chi connectivity index (χ0v) is 11.8. The van der Waals surface area contributed by atoms with Crippen molar-refractivity contribution in [2.45, 2.75) is 0 Å². The predicted octanol–water partition coefficient (Wildman–Crippen LogP) is 3.57. The van der Waals surface area contributed by atoms with Crippen LogP contribution in [0.2, 0.25) is 0 Å². The molecule has 0 heterocycles. The molecule has 0 aliphatic rings. The van der Waals surface area contributed by atoms with E-state index in [4.69, 9.17) is 10.2 Å².